The van der Waals surface area contributed by atoms with Gasteiger partial charge in [-0.3, -0.25) is 0 Å². The Morgan fingerprint density at radius 2 is 2.25 bits per heavy atom. The molecule has 2 aromatic rings. The molecule has 1 aliphatic rings. The number of benzene rings is 1. The predicted molar refractivity (Wildman–Crippen MR) is 105 cm³/mol. The first-order valence-corrected chi connectivity index (χ1v) is 10.2. The minimum absolute atomic E-state index is 0.0311. The van der Waals surface area contributed by atoms with E-state index in [9.17, 15) is 8.60 Å². The van der Waals surface area contributed by atoms with E-state index in [0.29, 0.717) is 36.8 Å². The second-order valence-electron chi connectivity index (χ2n) is 6.54. The number of ether oxygens (including phenoxy) is 1. The molecule has 8 nitrogen and oxygen atoms in total. The van der Waals surface area contributed by atoms with Gasteiger partial charge in [-0.1, -0.05) is 6.07 Å². The molecule has 0 saturated carbocycles. The number of aromatic nitrogens is 2. The number of hydrogen-bond acceptors (Lipinski definition) is 7. The molecule has 2 heterocycles. The summed E-state index contributed by atoms with van der Waals surface area (Å²) in [6.45, 7) is 3.46. The van der Waals surface area contributed by atoms with Crippen LogP contribution in [0.3, 0.4) is 0 Å². The molecule has 1 saturated heterocycles. The topological polar surface area (TPSA) is 117 Å². The molecule has 0 aliphatic carbocycles. The summed E-state index contributed by atoms with van der Waals surface area (Å²) in [6, 6.07) is 7.87. The van der Waals surface area contributed by atoms with Gasteiger partial charge in [-0.25, -0.2) is 18.3 Å². The van der Waals surface area contributed by atoms with Crippen LogP contribution in [0.4, 0.5) is 16.2 Å². The molecule has 3 N–H and O–H groups in total. The second-order valence-corrected chi connectivity index (χ2v) is 7.73. The Morgan fingerprint density at radius 3 is 2.93 bits per heavy atom. The fourth-order valence-corrected chi connectivity index (χ4v) is 3.40. The number of nitrogens with one attached hydrogen (secondary N) is 1. The molecule has 3 unspecified atom stereocenters. The van der Waals surface area contributed by atoms with Gasteiger partial charge in [-0.2, -0.15) is 10.2 Å². The first-order chi connectivity index (χ1) is 13.4. The molecule has 1 aliphatic heterocycles. The van der Waals surface area contributed by atoms with E-state index < -0.39 is 16.8 Å². The summed E-state index contributed by atoms with van der Waals surface area (Å²) in [6.07, 6.45) is 1.41. The Morgan fingerprint density at radius 1 is 1.46 bits per heavy atom. The number of morpholine rings is 1. The molecule has 0 radical (unpaired) electrons. The molecule has 3 atom stereocenters. The van der Waals surface area contributed by atoms with E-state index in [-0.39, 0.29) is 23.7 Å². The van der Waals surface area contributed by atoms with E-state index in [1.165, 1.54) is 12.1 Å². The van der Waals surface area contributed by atoms with Crippen molar-refractivity contribution in [2.45, 2.75) is 19.1 Å². The third kappa shape index (κ3) is 4.62. The molecule has 28 heavy (non-hydrogen) atoms. The largest absolute Gasteiger partial charge is 0.373 e. The summed E-state index contributed by atoms with van der Waals surface area (Å²) in [5.74, 6) is 0.0585. The van der Waals surface area contributed by atoms with Gasteiger partial charge in [0.15, 0.2) is 0 Å². The number of halogens is 1. The average Bonchev–Trinajstić information content (AvgIpc) is 2.66. The van der Waals surface area contributed by atoms with Gasteiger partial charge < -0.3 is 15.4 Å². The van der Waals surface area contributed by atoms with Crippen molar-refractivity contribution in [3.8, 4) is 17.3 Å². The van der Waals surface area contributed by atoms with Crippen LogP contribution in [-0.4, -0.2) is 52.3 Å². The Bertz CT molecular complexity index is 935. The lowest BCUT2D eigenvalue weighted by Crippen LogP contribution is -2.51. The minimum atomic E-state index is -1.12. The quantitative estimate of drug-likeness (QED) is 0.769. The summed E-state index contributed by atoms with van der Waals surface area (Å²) in [4.78, 5) is 10.6. The minimum Gasteiger partial charge on any atom is -0.373 e. The number of rotatable bonds is 5. The molecule has 1 fully saturated rings. The molecular weight excluding hydrogens is 383 g/mol. The molecule has 148 valence electrons. The fourth-order valence-electron chi connectivity index (χ4n) is 2.98. The van der Waals surface area contributed by atoms with E-state index in [1.54, 1.807) is 24.5 Å². The van der Waals surface area contributed by atoms with Crippen molar-refractivity contribution in [3.63, 3.8) is 0 Å². The highest BCUT2D eigenvalue weighted by Crippen LogP contribution is 2.27. The van der Waals surface area contributed by atoms with Crippen LogP contribution in [0, 0.1) is 17.1 Å². The maximum atomic E-state index is 14.0. The highest BCUT2D eigenvalue weighted by molar-refractivity contribution is 7.82. The first kappa shape index (κ1) is 20.1. The first-order valence-electron chi connectivity index (χ1n) is 8.67. The van der Waals surface area contributed by atoms with E-state index in [4.69, 9.17) is 15.7 Å². The van der Waals surface area contributed by atoms with Crippen LogP contribution in [0.1, 0.15) is 12.5 Å². The Labute approximate surface area is 165 Å². The molecule has 0 bridgehead atoms. The molecule has 10 heteroatoms. The smallest absolute Gasteiger partial charge is 0.222 e. The van der Waals surface area contributed by atoms with Gasteiger partial charge in [0.05, 0.1) is 41.0 Å². The normalized spacial score (nSPS) is 20.6. The zero-order chi connectivity index (χ0) is 20.3. The Hall–Kier alpha value is -2.61. The SMILES string of the molecule is CC1COC(CNS(C)=O)CN1c1cc(-c2ccc(C#N)c(F)c2)nc(N)n1. The van der Waals surface area contributed by atoms with Crippen LogP contribution in [0.5, 0.6) is 0 Å². The summed E-state index contributed by atoms with van der Waals surface area (Å²) < 4.78 is 33.9. The summed E-state index contributed by atoms with van der Waals surface area (Å²) in [5, 5.41) is 8.89. The third-order valence-electron chi connectivity index (χ3n) is 4.43. The monoisotopic (exact) mass is 404 g/mol. The van der Waals surface area contributed by atoms with Gasteiger partial charge in [-0.05, 0) is 19.1 Å². The van der Waals surface area contributed by atoms with E-state index in [2.05, 4.69) is 14.7 Å². The lowest BCUT2D eigenvalue weighted by Gasteiger charge is -2.39. The van der Waals surface area contributed by atoms with Gasteiger partial charge in [0, 0.05) is 31.0 Å². The van der Waals surface area contributed by atoms with Crippen LogP contribution in [0.15, 0.2) is 24.3 Å². The van der Waals surface area contributed by atoms with Gasteiger partial charge in [-0.15, -0.1) is 0 Å². The van der Waals surface area contributed by atoms with Crippen molar-refractivity contribution >= 4 is 22.8 Å². The third-order valence-corrected chi connectivity index (χ3v) is 5.00. The number of anilines is 2. The lowest BCUT2D eigenvalue weighted by atomic mass is 10.1. The van der Waals surface area contributed by atoms with Crippen LogP contribution in [-0.2, 0) is 15.7 Å². The van der Waals surface area contributed by atoms with Crippen LogP contribution in [0.25, 0.3) is 11.3 Å². The number of nitriles is 1. The standard InChI is InChI=1S/C18H21FN6O2S/c1-11-10-27-14(8-22-28(2)26)9-25(11)17-6-16(23-18(21)24-17)12-3-4-13(7-20)15(19)5-12/h3-6,11,14,22H,8-10H2,1-2H3,(H2,21,23,24). The Balaban J connectivity index is 1.88. The Kier molecular flexibility index (Phi) is 6.18. The maximum absolute atomic E-state index is 14.0. The van der Waals surface area contributed by atoms with Crippen molar-refractivity contribution in [3.05, 3.63) is 35.6 Å². The number of nitrogens with zero attached hydrogens (tertiary/aromatic N) is 4. The average molecular weight is 404 g/mol. The summed E-state index contributed by atoms with van der Waals surface area (Å²) >= 11 is 0. The fraction of sp³-hybridized carbons (Fsp3) is 0.389. The predicted octanol–water partition coefficient (Wildman–Crippen LogP) is 1.21. The number of nitrogen functional groups attached to an aromatic ring is 1. The molecular formula is C18H21FN6O2S. The zero-order valence-electron chi connectivity index (χ0n) is 15.6. The summed E-state index contributed by atoms with van der Waals surface area (Å²) in [7, 11) is -1.12. The van der Waals surface area contributed by atoms with Crippen molar-refractivity contribution in [2.24, 2.45) is 0 Å². The molecule has 1 aromatic carbocycles. The summed E-state index contributed by atoms with van der Waals surface area (Å²) in [5.41, 5.74) is 6.84. The second kappa shape index (κ2) is 8.60. The van der Waals surface area contributed by atoms with Gasteiger partial charge in [0.2, 0.25) is 5.95 Å². The van der Waals surface area contributed by atoms with Gasteiger partial charge in [0.1, 0.15) is 17.7 Å². The molecule has 0 spiro atoms. The van der Waals surface area contributed by atoms with Crippen molar-refractivity contribution < 1.29 is 13.3 Å². The van der Waals surface area contributed by atoms with Crippen LogP contribution >= 0.6 is 0 Å². The number of nitrogens with two attached hydrogens (primary N) is 1. The highest BCUT2D eigenvalue weighted by Gasteiger charge is 2.28. The van der Waals surface area contributed by atoms with Crippen LogP contribution in [0.2, 0.25) is 0 Å². The number of hydrogen-bond donors (Lipinski definition) is 2. The van der Waals surface area contributed by atoms with E-state index in [0.717, 1.165) is 0 Å². The van der Waals surface area contributed by atoms with Crippen molar-refractivity contribution in [2.75, 3.05) is 36.6 Å². The molecule has 1 aromatic heterocycles. The van der Waals surface area contributed by atoms with Crippen LogP contribution < -0.4 is 15.4 Å². The van der Waals surface area contributed by atoms with E-state index >= 15 is 0 Å². The van der Waals surface area contributed by atoms with Gasteiger partial charge >= 0.3 is 0 Å². The maximum Gasteiger partial charge on any atom is 0.222 e. The lowest BCUT2D eigenvalue weighted by molar-refractivity contribution is 0.0261. The van der Waals surface area contributed by atoms with Crippen molar-refractivity contribution in [1.29, 1.82) is 5.26 Å². The van der Waals surface area contributed by atoms with E-state index in [1.807, 2.05) is 11.8 Å². The molecule has 0 amide bonds. The van der Waals surface area contributed by atoms with Crippen molar-refractivity contribution in [1.82, 2.24) is 14.7 Å². The molecule has 3 rings (SSSR count). The van der Waals surface area contributed by atoms with Gasteiger partial charge in [0.25, 0.3) is 0 Å². The zero-order valence-corrected chi connectivity index (χ0v) is 16.4. The highest BCUT2D eigenvalue weighted by atomic mass is 32.2.